The number of anilines is 1. The Labute approximate surface area is 117 Å². The third-order valence-corrected chi connectivity index (χ3v) is 3.62. The molecule has 1 aromatic carbocycles. The molecule has 1 aliphatic heterocycles. The van der Waals surface area contributed by atoms with E-state index in [9.17, 15) is 14.9 Å². The monoisotopic (exact) mass is 277 g/mol. The normalized spacial score (nSPS) is 16.3. The largest absolute Gasteiger partial charge is 0.398 e. The van der Waals surface area contributed by atoms with Crippen LogP contribution in [0.4, 0.5) is 11.4 Å². The summed E-state index contributed by atoms with van der Waals surface area (Å²) in [6, 6.07) is 4.02. The van der Waals surface area contributed by atoms with Crippen molar-refractivity contribution in [3.8, 4) is 0 Å². The highest BCUT2D eigenvalue weighted by atomic mass is 16.6. The van der Waals surface area contributed by atoms with Crippen LogP contribution in [0.25, 0.3) is 0 Å². The molecule has 0 radical (unpaired) electrons. The summed E-state index contributed by atoms with van der Waals surface area (Å²) in [6.45, 7) is 1.39. The minimum absolute atomic E-state index is 0.102. The van der Waals surface area contributed by atoms with Crippen LogP contribution >= 0.6 is 0 Å². The first-order chi connectivity index (χ1) is 9.59. The average Bonchev–Trinajstić information content (AvgIpc) is 2.38. The molecular weight excluding hydrogens is 258 g/mol. The Bertz CT molecular complexity index is 508. The number of amides is 1. The van der Waals surface area contributed by atoms with Crippen LogP contribution in [0, 0.1) is 10.1 Å². The average molecular weight is 277 g/mol. The fourth-order valence-electron chi connectivity index (χ4n) is 2.46. The van der Waals surface area contributed by atoms with Gasteiger partial charge in [0.15, 0.2) is 0 Å². The van der Waals surface area contributed by atoms with Crippen molar-refractivity contribution in [2.75, 3.05) is 18.8 Å². The Hall–Kier alpha value is -2.11. The van der Waals surface area contributed by atoms with Crippen LogP contribution in [0.1, 0.15) is 42.5 Å². The number of nitro benzene ring substituents is 1. The van der Waals surface area contributed by atoms with Crippen LogP contribution in [-0.4, -0.2) is 28.8 Å². The number of hydrogen-bond donors (Lipinski definition) is 1. The number of nitrogens with zero attached hydrogens (tertiary/aromatic N) is 2. The lowest BCUT2D eigenvalue weighted by Gasteiger charge is -2.25. The van der Waals surface area contributed by atoms with Crippen molar-refractivity contribution in [2.24, 2.45) is 0 Å². The lowest BCUT2D eigenvalue weighted by atomic mass is 10.1. The number of benzene rings is 1. The van der Waals surface area contributed by atoms with Crippen molar-refractivity contribution in [3.63, 3.8) is 0 Å². The molecule has 0 saturated carbocycles. The molecule has 1 amide bonds. The van der Waals surface area contributed by atoms with Crippen LogP contribution in [-0.2, 0) is 0 Å². The number of nitrogen functional groups attached to an aromatic ring is 1. The molecule has 1 fully saturated rings. The van der Waals surface area contributed by atoms with E-state index in [0.717, 1.165) is 25.7 Å². The molecule has 6 nitrogen and oxygen atoms in total. The van der Waals surface area contributed by atoms with Gasteiger partial charge in [-0.1, -0.05) is 19.3 Å². The van der Waals surface area contributed by atoms with Gasteiger partial charge in [-0.25, -0.2) is 0 Å². The molecule has 6 heteroatoms. The molecule has 0 bridgehead atoms. The first-order valence-electron chi connectivity index (χ1n) is 6.93. The van der Waals surface area contributed by atoms with Crippen LogP contribution in [0.3, 0.4) is 0 Å². The van der Waals surface area contributed by atoms with Gasteiger partial charge in [0, 0.05) is 30.9 Å². The van der Waals surface area contributed by atoms with E-state index >= 15 is 0 Å². The van der Waals surface area contributed by atoms with Gasteiger partial charge < -0.3 is 10.6 Å². The van der Waals surface area contributed by atoms with Gasteiger partial charge in [-0.15, -0.1) is 0 Å². The number of carbonyl (C=O) groups excluding carboxylic acids is 1. The number of likely N-dealkylation sites (tertiary alicyclic amines) is 1. The topological polar surface area (TPSA) is 89.5 Å². The van der Waals surface area contributed by atoms with E-state index in [4.69, 9.17) is 5.73 Å². The van der Waals surface area contributed by atoms with E-state index in [1.165, 1.54) is 24.6 Å². The fourth-order valence-corrected chi connectivity index (χ4v) is 2.46. The number of nitrogens with two attached hydrogens (primary N) is 1. The SMILES string of the molecule is Nc1ccc([N+](=O)[O-])cc1C(=O)N1CCCCCCC1. The zero-order chi connectivity index (χ0) is 14.5. The molecule has 0 atom stereocenters. The minimum Gasteiger partial charge on any atom is -0.398 e. The highest BCUT2D eigenvalue weighted by Gasteiger charge is 2.21. The predicted octanol–water partition coefficient (Wildman–Crippen LogP) is 2.58. The Kier molecular flexibility index (Phi) is 4.55. The van der Waals surface area contributed by atoms with Gasteiger partial charge in [0.25, 0.3) is 11.6 Å². The second kappa shape index (κ2) is 6.36. The molecule has 2 N–H and O–H groups in total. The quantitative estimate of drug-likeness (QED) is 0.511. The number of non-ortho nitro benzene ring substituents is 1. The second-order valence-corrected chi connectivity index (χ2v) is 5.09. The third-order valence-electron chi connectivity index (χ3n) is 3.62. The summed E-state index contributed by atoms with van der Waals surface area (Å²) in [4.78, 5) is 24.5. The summed E-state index contributed by atoms with van der Waals surface area (Å²) in [7, 11) is 0. The van der Waals surface area contributed by atoms with E-state index < -0.39 is 4.92 Å². The van der Waals surface area contributed by atoms with Crippen LogP contribution in [0.15, 0.2) is 18.2 Å². The molecule has 1 saturated heterocycles. The first-order valence-corrected chi connectivity index (χ1v) is 6.93. The molecule has 0 spiro atoms. The second-order valence-electron chi connectivity index (χ2n) is 5.09. The molecule has 2 rings (SSSR count). The van der Waals surface area contributed by atoms with Crippen LogP contribution in [0.2, 0.25) is 0 Å². The summed E-state index contributed by atoms with van der Waals surface area (Å²) in [6.07, 6.45) is 5.39. The van der Waals surface area contributed by atoms with E-state index in [0.29, 0.717) is 18.8 Å². The zero-order valence-electron chi connectivity index (χ0n) is 11.4. The highest BCUT2D eigenvalue weighted by Crippen LogP contribution is 2.22. The molecule has 0 unspecified atom stereocenters. The Morgan fingerprint density at radius 2 is 1.75 bits per heavy atom. The molecule has 108 valence electrons. The molecular formula is C14H19N3O3. The molecule has 20 heavy (non-hydrogen) atoms. The molecule has 1 heterocycles. The lowest BCUT2D eigenvalue weighted by Crippen LogP contribution is -2.34. The van der Waals surface area contributed by atoms with Crippen molar-refractivity contribution in [2.45, 2.75) is 32.1 Å². The van der Waals surface area contributed by atoms with Gasteiger partial charge in [-0.05, 0) is 18.9 Å². The van der Waals surface area contributed by atoms with Gasteiger partial charge in [0.05, 0.1) is 10.5 Å². The van der Waals surface area contributed by atoms with Gasteiger partial charge in [-0.3, -0.25) is 14.9 Å². The zero-order valence-corrected chi connectivity index (χ0v) is 11.4. The van der Waals surface area contributed by atoms with Gasteiger partial charge >= 0.3 is 0 Å². The summed E-state index contributed by atoms with van der Waals surface area (Å²) in [5, 5.41) is 10.8. The number of carbonyl (C=O) groups is 1. The first kappa shape index (κ1) is 14.3. The Balaban J connectivity index is 2.22. The molecule has 1 aliphatic rings. The number of hydrogen-bond acceptors (Lipinski definition) is 4. The minimum atomic E-state index is -0.510. The maximum atomic E-state index is 12.5. The number of rotatable bonds is 2. The van der Waals surface area contributed by atoms with Gasteiger partial charge in [0.2, 0.25) is 0 Å². The van der Waals surface area contributed by atoms with Crippen molar-refractivity contribution in [1.29, 1.82) is 0 Å². The van der Waals surface area contributed by atoms with Crippen molar-refractivity contribution < 1.29 is 9.72 Å². The smallest absolute Gasteiger partial charge is 0.270 e. The van der Waals surface area contributed by atoms with Crippen molar-refractivity contribution in [1.82, 2.24) is 4.90 Å². The predicted molar refractivity (Wildman–Crippen MR) is 76.5 cm³/mol. The lowest BCUT2D eigenvalue weighted by molar-refractivity contribution is -0.384. The van der Waals surface area contributed by atoms with E-state index in [1.807, 2.05) is 0 Å². The van der Waals surface area contributed by atoms with Crippen molar-refractivity contribution >= 4 is 17.3 Å². The van der Waals surface area contributed by atoms with Gasteiger partial charge in [-0.2, -0.15) is 0 Å². The van der Waals surface area contributed by atoms with E-state index in [2.05, 4.69) is 0 Å². The van der Waals surface area contributed by atoms with Crippen molar-refractivity contribution in [3.05, 3.63) is 33.9 Å². The number of nitro groups is 1. The maximum absolute atomic E-state index is 12.5. The third kappa shape index (κ3) is 3.26. The Morgan fingerprint density at radius 3 is 2.35 bits per heavy atom. The van der Waals surface area contributed by atoms with E-state index in [1.54, 1.807) is 4.90 Å². The van der Waals surface area contributed by atoms with Crippen LogP contribution in [0.5, 0.6) is 0 Å². The summed E-state index contributed by atoms with van der Waals surface area (Å²) >= 11 is 0. The summed E-state index contributed by atoms with van der Waals surface area (Å²) < 4.78 is 0. The van der Waals surface area contributed by atoms with E-state index in [-0.39, 0.29) is 17.2 Å². The van der Waals surface area contributed by atoms with Crippen LogP contribution < -0.4 is 5.73 Å². The standard InChI is InChI=1S/C14H19N3O3/c15-13-7-6-11(17(19)20)10-12(13)14(18)16-8-4-2-1-3-5-9-16/h6-7,10H,1-5,8-9,15H2. The molecule has 1 aromatic rings. The fraction of sp³-hybridized carbons (Fsp3) is 0.500. The summed E-state index contributed by atoms with van der Waals surface area (Å²) in [5.41, 5.74) is 6.22. The summed E-state index contributed by atoms with van der Waals surface area (Å²) in [5.74, 6) is -0.201. The molecule has 0 aromatic heterocycles. The van der Waals surface area contributed by atoms with Gasteiger partial charge in [0.1, 0.15) is 0 Å². The maximum Gasteiger partial charge on any atom is 0.270 e. The Morgan fingerprint density at radius 1 is 1.15 bits per heavy atom. The molecule has 0 aliphatic carbocycles. The highest BCUT2D eigenvalue weighted by molar-refractivity contribution is 5.99.